The quantitative estimate of drug-likeness (QED) is 0.202. The van der Waals surface area contributed by atoms with Gasteiger partial charge in [0, 0.05) is 12.1 Å². The maximum Gasteiger partial charge on any atom is 0.272 e. The van der Waals surface area contributed by atoms with Crippen molar-refractivity contribution in [2.45, 2.75) is 18.1 Å². The molecule has 4 aromatic rings. The van der Waals surface area contributed by atoms with Crippen LogP contribution in [0.15, 0.2) is 69.9 Å². The average Bonchev–Trinajstić information content (AvgIpc) is 3.31. The van der Waals surface area contributed by atoms with E-state index in [1.807, 2.05) is 47.8 Å². The van der Waals surface area contributed by atoms with Gasteiger partial charge in [0.05, 0.1) is 25.5 Å². The average molecular weight is 467 g/mol. The van der Waals surface area contributed by atoms with Gasteiger partial charge in [-0.3, -0.25) is 14.2 Å². The summed E-state index contributed by atoms with van der Waals surface area (Å²) in [6.45, 7) is 0.441. The molecular formula is C24H22N2O4S2. The van der Waals surface area contributed by atoms with Crippen LogP contribution in [0.1, 0.15) is 15.9 Å². The number of carbonyl (C=O) groups is 1. The monoisotopic (exact) mass is 466 g/mol. The van der Waals surface area contributed by atoms with E-state index >= 15 is 0 Å². The molecule has 8 heteroatoms. The van der Waals surface area contributed by atoms with E-state index in [-0.39, 0.29) is 17.1 Å². The van der Waals surface area contributed by atoms with Crippen LogP contribution in [0.2, 0.25) is 0 Å². The fourth-order valence-corrected chi connectivity index (χ4v) is 5.04. The topological polar surface area (TPSA) is 70.4 Å². The molecule has 0 aliphatic carbocycles. The maximum atomic E-state index is 13.2. The van der Waals surface area contributed by atoms with E-state index < -0.39 is 0 Å². The normalized spacial score (nSPS) is 10.9. The van der Waals surface area contributed by atoms with Crippen molar-refractivity contribution in [1.29, 1.82) is 0 Å². The van der Waals surface area contributed by atoms with E-state index in [9.17, 15) is 9.59 Å². The minimum Gasteiger partial charge on any atom is -0.493 e. The molecule has 0 bridgehead atoms. The standard InChI is InChI=1S/C24H22N2O4S2/c1-29-20-9-8-16(14-21(20)30-2)10-12-26-23(28)22-18(11-13-31-22)25-24(26)32-15-19(27)17-6-4-3-5-7-17/h3-9,11,13-14H,10,12,15H2,1-2H3. The Bertz CT molecular complexity index is 1300. The Morgan fingerprint density at radius 3 is 2.59 bits per heavy atom. The molecule has 2 aromatic heterocycles. The molecule has 164 valence electrons. The lowest BCUT2D eigenvalue weighted by Crippen LogP contribution is -2.24. The number of ether oxygens (including phenoxy) is 2. The number of hydrogen-bond acceptors (Lipinski definition) is 7. The minimum absolute atomic E-state index is 0.00158. The molecule has 0 aliphatic heterocycles. The maximum absolute atomic E-state index is 13.2. The highest BCUT2D eigenvalue weighted by Gasteiger charge is 2.15. The van der Waals surface area contributed by atoms with Crippen molar-refractivity contribution >= 4 is 39.1 Å². The number of nitrogens with zero attached hydrogens (tertiary/aromatic N) is 2. The molecule has 0 saturated heterocycles. The predicted octanol–water partition coefficient (Wildman–Crippen LogP) is 4.69. The van der Waals surface area contributed by atoms with Gasteiger partial charge in [0.2, 0.25) is 0 Å². The number of aromatic nitrogens is 2. The second-order valence-corrected chi connectivity index (χ2v) is 8.86. The molecule has 0 atom stereocenters. The Morgan fingerprint density at radius 1 is 1.06 bits per heavy atom. The van der Waals surface area contributed by atoms with E-state index in [0.29, 0.717) is 45.4 Å². The summed E-state index contributed by atoms with van der Waals surface area (Å²) in [5, 5.41) is 2.41. The van der Waals surface area contributed by atoms with Crippen LogP contribution in [-0.2, 0) is 13.0 Å². The van der Waals surface area contributed by atoms with E-state index in [4.69, 9.17) is 9.47 Å². The highest BCUT2D eigenvalue weighted by molar-refractivity contribution is 7.99. The van der Waals surface area contributed by atoms with Gasteiger partial charge in [-0.05, 0) is 35.6 Å². The van der Waals surface area contributed by atoms with Gasteiger partial charge in [-0.1, -0.05) is 48.2 Å². The zero-order valence-corrected chi connectivity index (χ0v) is 19.4. The van der Waals surface area contributed by atoms with Crippen LogP contribution in [0.3, 0.4) is 0 Å². The smallest absolute Gasteiger partial charge is 0.272 e. The number of benzene rings is 2. The van der Waals surface area contributed by atoms with E-state index in [0.717, 1.165) is 5.56 Å². The zero-order valence-electron chi connectivity index (χ0n) is 17.7. The first-order chi connectivity index (χ1) is 15.6. The number of fused-ring (bicyclic) bond motifs is 1. The van der Waals surface area contributed by atoms with Gasteiger partial charge in [0.25, 0.3) is 5.56 Å². The highest BCUT2D eigenvalue weighted by atomic mass is 32.2. The van der Waals surface area contributed by atoms with Gasteiger partial charge >= 0.3 is 0 Å². The number of rotatable bonds is 9. The highest BCUT2D eigenvalue weighted by Crippen LogP contribution is 2.28. The fraction of sp³-hybridized carbons (Fsp3) is 0.208. The Kier molecular flexibility index (Phi) is 6.92. The number of aryl methyl sites for hydroxylation is 1. The molecule has 0 amide bonds. The van der Waals surface area contributed by atoms with Crippen LogP contribution < -0.4 is 15.0 Å². The Morgan fingerprint density at radius 2 is 1.84 bits per heavy atom. The SMILES string of the molecule is COc1ccc(CCn2c(SCC(=O)c3ccccc3)nc3ccsc3c2=O)cc1OC. The lowest BCUT2D eigenvalue weighted by atomic mass is 10.1. The summed E-state index contributed by atoms with van der Waals surface area (Å²) < 4.78 is 13.0. The molecule has 0 unspecified atom stereocenters. The minimum atomic E-state index is -0.0832. The summed E-state index contributed by atoms with van der Waals surface area (Å²) in [5.74, 6) is 1.52. The second kappa shape index (κ2) is 10.0. The number of methoxy groups -OCH3 is 2. The first kappa shape index (κ1) is 22.1. The van der Waals surface area contributed by atoms with E-state index in [2.05, 4.69) is 4.98 Å². The molecule has 0 N–H and O–H groups in total. The summed E-state index contributed by atoms with van der Waals surface area (Å²) in [6, 6.07) is 16.7. The third-order valence-corrected chi connectivity index (χ3v) is 6.90. The summed E-state index contributed by atoms with van der Waals surface area (Å²) in [4.78, 5) is 30.4. The fourth-order valence-electron chi connectivity index (χ4n) is 3.35. The first-order valence-corrected chi connectivity index (χ1v) is 11.9. The number of hydrogen-bond donors (Lipinski definition) is 0. The van der Waals surface area contributed by atoms with Crippen LogP contribution in [-0.4, -0.2) is 35.3 Å². The summed E-state index contributed by atoms with van der Waals surface area (Å²) in [7, 11) is 3.19. The van der Waals surface area contributed by atoms with E-state index in [1.165, 1.54) is 23.1 Å². The first-order valence-electron chi connectivity index (χ1n) is 10.0. The molecule has 4 rings (SSSR count). The van der Waals surface area contributed by atoms with Gasteiger partial charge < -0.3 is 9.47 Å². The number of carbonyl (C=O) groups excluding carboxylic acids is 1. The Balaban J connectivity index is 1.59. The van der Waals surface area contributed by atoms with Gasteiger partial charge in [-0.25, -0.2) is 4.98 Å². The molecule has 0 fully saturated rings. The third kappa shape index (κ3) is 4.71. The number of thiophene rings is 1. The lowest BCUT2D eigenvalue weighted by molar-refractivity contribution is 0.102. The van der Waals surface area contributed by atoms with Crippen molar-refractivity contribution in [3.63, 3.8) is 0 Å². The van der Waals surface area contributed by atoms with Crippen LogP contribution in [0.4, 0.5) is 0 Å². The molecule has 0 aliphatic rings. The summed E-state index contributed by atoms with van der Waals surface area (Å²) in [6.07, 6.45) is 0.610. The van der Waals surface area contributed by atoms with Gasteiger partial charge in [-0.15, -0.1) is 11.3 Å². The van der Waals surface area contributed by atoms with Gasteiger partial charge in [0.1, 0.15) is 4.70 Å². The molecule has 0 saturated carbocycles. The van der Waals surface area contributed by atoms with Gasteiger partial charge in [-0.2, -0.15) is 0 Å². The van der Waals surface area contributed by atoms with Crippen molar-refractivity contribution in [2.75, 3.05) is 20.0 Å². The molecule has 6 nitrogen and oxygen atoms in total. The summed E-state index contributed by atoms with van der Waals surface area (Å²) >= 11 is 2.68. The predicted molar refractivity (Wildman–Crippen MR) is 129 cm³/mol. The van der Waals surface area contributed by atoms with Crippen LogP contribution >= 0.6 is 23.1 Å². The van der Waals surface area contributed by atoms with E-state index in [1.54, 1.807) is 30.9 Å². The van der Waals surface area contributed by atoms with Crippen LogP contribution in [0.25, 0.3) is 10.2 Å². The number of thioether (sulfide) groups is 1. The second-order valence-electron chi connectivity index (χ2n) is 7.00. The number of ketones is 1. The van der Waals surface area contributed by atoms with Gasteiger partial charge in [0.15, 0.2) is 22.4 Å². The zero-order chi connectivity index (χ0) is 22.5. The van der Waals surface area contributed by atoms with Crippen LogP contribution in [0.5, 0.6) is 11.5 Å². The Labute approximate surface area is 193 Å². The molecule has 2 aromatic carbocycles. The molecule has 0 radical (unpaired) electrons. The van der Waals surface area contributed by atoms with Crippen molar-refractivity contribution < 1.29 is 14.3 Å². The molecular weight excluding hydrogens is 444 g/mol. The van der Waals surface area contributed by atoms with Crippen LogP contribution in [0, 0.1) is 0 Å². The van der Waals surface area contributed by atoms with Crippen molar-refractivity contribution in [3.8, 4) is 11.5 Å². The lowest BCUT2D eigenvalue weighted by Gasteiger charge is -2.13. The number of Topliss-reactive ketones (excluding diaryl/α,β-unsaturated/α-hetero) is 1. The summed E-state index contributed by atoms with van der Waals surface area (Å²) in [5.41, 5.74) is 2.24. The van der Waals surface area contributed by atoms with Crippen molar-refractivity contribution in [2.24, 2.45) is 0 Å². The largest absolute Gasteiger partial charge is 0.493 e. The van der Waals surface area contributed by atoms with Crippen molar-refractivity contribution in [1.82, 2.24) is 9.55 Å². The Hall–Kier alpha value is -3.10. The molecule has 0 spiro atoms. The van der Waals surface area contributed by atoms with Crippen molar-refractivity contribution in [3.05, 3.63) is 81.5 Å². The third-order valence-electron chi connectivity index (χ3n) is 5.03. The molecule has 32 heavy (non-hydrogen) atoms. The molecule has 2 heterocycles.